The normalized spacial score (nSPS) is 12.1. The average molecular weight is 767 g/mol. The highest BCUT2D eigenvalue weighted by atomic mass is 15.1. The van der Waals surface area contributed by atoms with Crippen molar-refractivity contribution in [3.05, 3.63) is 236 Å². The summed E-state index contributed by atoms with van der Waals surface area (Å²) in [5.41, 5.74) is 19.2. The van der Waals surface area contributed by atoms with Crippen LogP contribution < -0.4 is 4.90 Å². The number of para-hydroxylation sites is 1. The van der Waals surface area contributed by atoms with Gasteiger partial charge in [-0.1, -0.05) is 170 Å². The fourth-order valence-corrected chi connectivity index (χ4v) is 9.18. The number of allylic oxidation sites excluding steroid dienone is 1. The summed E-state index contributed by atoms with van der Waals surface area (Å²) in [4.78, 5) is 2.40. The molecule has 2 nitrogen and oxygen atoms in total. The zero-order chi connectivity index (χ0) is 39.8. The Hall–Kier alpha value is -7.68. The first-order valence-electron chi connectivity index (χ1n) is 20.9. The van der Waals surface area contributed by atoms with E-state index in [9.17, 15) is 0 Å². The van der Waals surface area contributed by atoms with Crippen LogP contribution in [0, 0.1) is 0 Å². The van der Waals surface area contributed by atoms with Gasteiger partial charge >= 0.3 is 0 Å². The maximum Gasteiger partial charge on any atom is 0.0547 e. The second-order valence-electron chi connectivity index (χ2n) is 15.6. The van der Waals surface area contributed by atoms with E-state index in [-0.39, 0.29) is 0 Å². The van der Waals surface area contributed by atoms with Gasteiger partial charge in [0.2, 0.25) is 0 Å². The van der Waals surface area contributed by atoms with Crippen LogP contribution in [0.5, 0.6) is 0 Å². The molecule has 0 amide bonds. The van der Waals surface area contributed by atoms with Crippen LogP contribution in [0.2, 0.25) is 0 Å². The predicted octanol–water partition coefficient (Wildman–Crippen LogP) is 15.9. The second-order valence-corrected chi connectivity index (χ2v) is 15.6. The lowest BCUT2D eigenvalue weighted by atomic mass is 9.93. The molecule has 0 bridgehead atoms. The minimum absolute atomic E-state index is 1.09. The van der Waals surface area contributed by atoms with E-state index < -0.39 is 0 Å². The maximum absolute atomic E-state index is 2.45. The first-order chi connectivity index (χ1) is 29.8. The lowest BCUT2D eigenvalue weighted by Crippen LogP contribution is -2.10. The summed E-state index contributed by atoms with van der Waals surface area (Å²) < 4.78 is 2.45. The van der Waals surface area contributed by atoms with E-state index in [1.807, 2.05) is 0 Å². The maximum atomic E-state index is 2.45. The molecule has 60 heavy (non-hydrogen) atoms. The fraction of sp³-hybridized carbons (Fsp3) is 0.0345. The van der Waals surface area contributed by atoms with Gasteiger partial charge in [0.1, 0.15) is 0 Å². The summed E-state index contributed by atoms with van der Waals surface area (Å²) in [5, 5.41) is 2.64. The molecule has 9 aromatic carbocycles. The van der Waals surface area contributed by atoms with Crippen LogP contribution >= 0.6 is 0 Å². The molecule has 0 atom stereocenters. The highest BCUT2D eigenvalue weighted by molar-refractivity contribution is 6.13. The summed E-state index contributed by atoms with van der Waals surface area (Å²) in [6.45, 7) is 0. The number of aromatic nitrogens is 1. The lowest BCUT2D eigenvalue weighted by Gasteiger charge is -2.27. The van der Waals surface area contributed by atoms with Crippen LogP contribution in [-0.4, -0.2) is 4.57 Å². The molecule has 0 spiro atoms. The van der Waals surface area contributed by atoms with Crippen molar-refractivity contribution in [2.75, 3.05) is 4.90 Å². The highest BCUT2D eigenvalue weighted by Crippen LogP contribution is 2.43. The number of nitrogens with zero attached hydrogens (tertiary/aromatic N) is 2. The van der Waals surface area contributed by atoms with E-state index in [0.29, 0.717) is 0 Å². The first-order valence-corrected chi connectivity index (χ1v) is 20.9. The third-order valence-corrected chi connectivity index (χ3v) is 12.0. The Balaban J connectivity index is 1.05. The molecule has 1 heterocycles. The Morgan fingerprint density at radius 3 is 1.75 bits per heavy atom. The Morgan fingerprint density at radius 2 is 0.983 bits per heavy atom. The third-order valence-electron chi connectivity index (χ3n) is 12.0. The van der Waals surface area contributed by atoms with Crippen molar-refractivity contribution in [1.82, 2.24) is 4.57 Å². The fourth-order valence-electron chi connectivity index (χ4n) is 9.18. The van der Waals surface area contributed by atoms with Crippen LogP contribution in [0.4, 0.5) is 17.1 Å². The van der Waals surface area contributed by atoms with Crippen LogP contribution in [0.25, 0.3) is 78.1 Å². The van der Waals surface area contributed by atoms with E-state index in [0.717, 1.165) is 41.2 Å². The zero-order valence-electron chi connectivity index (χ0n) is 33.2. The summed E-state index contributed by atoms with van der Waals surface area (Å²) in [7, 11) is 0. The van der Waals surface area contributed by atoms with Crippen molar-refractivity contribution in [3.8, 4) is 50.2 Å². The van der Waals surface area contributed by atoms with Crippen LogP contribution in [0.3, 0.4) is 0 Å². The molecule has 0 radical (unpaired) electrons. The number of aryl methyl sites for hydroxylation is 1. The Morgan fingerprint density at radius 1 is 0.383 bits per heavy atom. The average Bonchev–Trinajstić information content (AvgIpc) is 3.68. The standard InChI is InChI=1S/C58H42N2/c1-4-16-41(17-5-1)42-30-33-48(34-31-42)59(51-35-36-52(43-18-6-2-7-19-43)55(40-51)44-20-8-3-9-21-44)49-25-14-23-46(38-49)47-24-15-26-50(39-47)60-56-29-13-12-28-54(56)58-53-27-11-10-22-45(53)32-37-57(58)60/h1-9,11-21,23-40H,10,22H2. The molecule has 0 saturated heterocycles. The first kappa shape index (κ1) is 35.5. The summed E-state index contributed by atoms with van der Waals surface area (Å²) in [6, 6.07) is 79.5. The van der Waals surface area contributed by atoms with E-state index in [1.54, 1.807) is 0 Å². The smallest absolute Gasteiger partial charge is 0.0547 e. The van der Waals surface area contributed by atoms with Gasteiger partial charge in [-0.05, 0) is 129 Å². The molecule has 11 rings (SSSR count). The van der Waals surface area contributed by atoms with E-state index in [2.05, 4.69) is 240 Å². The van der Waals surface area contributed by atoms with Gasteiger partial charge in [0.05, 0.1) is 11.0 Å². The SMILES string of the molecule is C1=Cc2c(ccc3c2c2ccccc2n3-c2cccc(-c3cccc(N(c4ccc(-c5ccccc5)cc4)c4ccc(-c5ccccc5)c(-c5ccccc5)c4)c3)c2)CC1. The van der Waals surface area contributed by atoms with Crippen LogP contribution in [0.1, 0.15) is 17.5 Å². The van der Waals surface area contributed by atoms with Gasteiger partial charge in [0, 0.05) is 33.5 Å². The summed E-state index contributed by atoms with van der Waals surface area (Å²) in [5.74, 6) is 0. The molecule has 0 unspecified atom stereocenters. The molecule has 0 fully saturated rings. The van der Waals surface area contributed by atoms with Crippen molar-refractivity contribution in [2.45, 2.75) is 12.8 Å². The summed E-state index contributed by atoms with van der Waals surface area (Å²) in [6.07, 6.45) is 6.84. The molecule has 284 valence electrons. The van der Waals surface area contributed by atoms with Gasteiger partial charge in [0.25, 0.3) is 0 Å². The number of rotatable bonds is 8. The van der Waals surface area contributed by atoms with Gasteiger partial charge in [-0.3, -0.25) is 0 Å². The Labute approximate surface area is 351 Å². The minimum Gasteiger partial charge on any atom is -0.310 e. The lowest BCUT2D eigenvalue weighted by molar-refractivity contribution is 0.989. The van der Waals surface area contributed by atoms with Gasteiger partial charge < -0.3 is 9.47 Å². The van der Waals surface area contributed by atoms with Crippen molar-refractivity contribution in [3.63, 3.8) is 0 Å². The van der Waals surface area contributed by atoms with E-state index >= 15 is 0 Å². The summed E-state index contributed by atoms with van der Waals surface area (Å²) >= 11 is 0. The molecule has 0 saturated carbocycles. The molecule has 1 aromatic heterocycles. The molecule has 10 aromatic rings. The molecular formula is C58H42N2. The van der Waals surface area contributed by atoms with Crippen LogP contribution in [-0.2, 0) is 6.42 Å². The van der Waals surface area contributed by atoms with Gasteiger partial charge in [-0.2, -0.15) is 0 Å². The molecule has 2 heteroatoms. The Kier molecular flexibility index (Phi) is 9.02. The molecule has 0 N–H and O–H groups in total. The van der Waals surface area contributed by atoms with Crippen molar-refractivity contribution >= 4 is 44.9 Å². The van der Waals surface area contributed by atoms with Gasteiger partial charge in [0.15, 0.2) is 0 Å². The molecular weight excluding hydrogens is 725 g/mol. The second kappa shape index (κ2) is 15.2. The number of benzene rings is 9. The topological polar surface area (TPSA) is 8.17 Å². The number of hydrogen-bond acceptors (Lipinski definition) is 1. The van der Waals surface area contributed by atoms with Gasteiger partial charge in [-0.25, -0.2) is 0 Å². The molecule has 1 aliphatic rings. The largest absolute Gasteiger partial charge is 0.310 e. The minimum atomic E-state index is 1.09. The number of fused-ring (bicyclic) bond motifs is 5. The van der Waals surface area contributed by atoms with Crippen molar-refractivity contribution in [1.29, 1.82) is 0 Å². The van der Waals surface area contributed by atoms with Gasteiger partial charge in [-0.15, -0.1) is 0 Å². The third kappa shape index (κ3) is 6.40. The number of anilines is 3. The molecule has 1 aliphatic carbocycles. The van der Waals surface area contributed by atoms with E-state index in [1.165, 1.54) is 71.9 Å². The van der Waals surface area contributed by atoms with Crippen LogP contribution in [0.15, 0.2) is 224 Å². The highest BCUT2D eigenvalue weighted by Gasteiger charge is 2.20. The quantitative estimate of drug-likeness (QED) is 0.150. The Bertz CT molecular complexity index is 3180. The van der Waals surface area contributed by atoms with Crippen molar-refractivity contribution < 1.29 is 0 Å². The van der Waals surface area contributed by atoms with Crippen molar-refractivity contribution in [2.24, 2.45) is 0 Å². The zero-order valence-corrected chi connectivity index (χ0v) is 33.2. The van der Waals surface area contributed by atoms with E-state index in [4.69, 9.17) is 0 Å². The predicted molar refractivity (Wildman–Crippen MR) is 255 cm³/mol. The molecule has 0 aliphatic heterocycles. The monoisotopic (exact) mass is 766 g/mol. The number of hydrogen-bond donors (Lipinski definition) is 0.